The lowest BCUT2D eigenvalue weighted by molar-refractivity contribution is 0.993. The van der Waals surface area contributed by atoms with Crippen LogP contribution in [0, 0.1) is 0 Å². The lowest BCUT2D eigenvalue weighted by Gasteiger charge is -2.18. The fraction of sp³-hybridized carbons (Fsp3) is 0.154. The van der Waals surface area contributed by atoms with Crippen LogP contribution in [0.25, 0.3) is 0 Å². The van der Waals surface area contributed by atoms with Crippen LogP contribution in [-0.2, 0) is 6.42 Å². The molecule has 3 nitrogen and oxygen atoms in total. The minimum atomic E-state index is 0.566. The molecule has 0 unspecified atom stereocenters. The van der Waals surface area contributed by atoms with Gasteiger partial charge in [-0.1, -0.05) is 18.2 Å². The van der Waals surface area contributed by atoms with E-state index in [9.17, 15) is 0 Å². The van der Waals surface area contributed by atoms with Gasteiger partial charge in [0.15, 0.2) is 0 Å². The summed E-state index contributed by atoms with van der Waals surface area (Å²) in [5, 5.41) is 0. The van der Waals surface area contributed by atoms with Gasteiger partial charge in [-0.05, 0) is 30.2 Å². The summed E-state index contributed by atoms with van der Waals surface area (Å²) in [7, 11) is 0. The van der Waals surface area contributed by atoms with Crippen LogP contribution in [0.15, 0.2) is 42.6 Å². The maximum atomic E-state index is 5.59. The number of benzene rings is 1. The Morgan fingerprint density at radius 3 is 2.81 bits per heavy atom. The van der Waals surface area contributed by atoms with Crippen LogP contribution in [0.3, 0.4) is 0 Å². The maximum absolute atomic E-state index is 5.59. The normalized spacial score (nSPS) is 13.9. The number of rotatable bonds is 1. The smallest absolute Gasteiger partial charge is 0.123 e. The number of aromatic nitrogens is 1. The Hall–Kier alpha value is -2.03. The minimum Gasteiger partial charge on any atom is -0.384 e. The van der Waals surface area contributed by atoms with Crippen molar-refractivity contribution < 1.29 is 0 Å². The Bertz CT molecular complexity index is 505. The van der Waals surface area contributed by atoms with E-state index in [1.54, 1.807) is 0 Å². The van der Waals surface area contributed by atoms with Gasteiger partial charge in [0.25, 0.3) is 0 Å². The number of nitrogens with zero attached hydrogens (tertiary/aromatic N) is 2. The van der Waals surface area contributed by atoms with Crippen molar-refractivity contribution in [2.75, 3.05) is 17.2 Å². The van der Waals surface area contributed by atoms with Gasteiger partial charge in [-0.15, -0.1) is 0 Å². The zero-order chi connectivity index (χ0) is 11.0. The predicted molar refractivity (Wildman–Crippen MR) is 65.8 cm³/mol. The number of hydrogen-bond acceptors (Lipinski definition) is 3. The number of nitrogens with two attached hydrogens (primary N) is 1. The van der Waals surface area contributed by atoms with Gasteiger partial charge >= 0.3 is 0 Å². The van der Waals surface area contributed by atoms with Crippen molar-refractivity contribution in [3.05, 3.63) is 48.2 Å². The molecule has 1 aliphatic heterocycles. The van der Waals surface area contributed by atoms with Gasteiger partial charge in [-0.3, -0.25) is 0 Å². The van der Waals surface area contributed by atoms with Crippen molar-refractivity contribution in [2.45, 2.75) is 6.42 Å². The summed E-state index contributed by atoms with van der Waals surface area (Å²) >= 11 is 0. The third-order valence-electron chi connectivity index (χ3n) is 2.97. The SMILES string of the molecule is Nc1ccc(N2CCc3ccccc32)cn1. The highest BCUT2D eigenvalue weighted by molar-refractivity contribution is 5.69. The molecule has 0 radical (unpaired) electrons. The molecule has 2 N–H and O–H groups in total. The topological polar surface area (TPSA) is 42.1 Å². The van der Waals surface area contributed by atoms with Gasteiger partial charge < -0.3 is 10.6 Å². The van der Waals surface area contributed by atoms with E-state index < -0.39 is 0 Å². The molecule has 0 saturated heterocycles. The van der Waals surface area contributed by atoms with E-state index in [4.69, 9.17) is 5.73 Å². The molecule has 1 aromatic carbocycles. The number of anilines is 3. The monoisotopic (exact) mass is 211 g/mol. The van der Waals surface area contributed by atoms with E-state index >= 15 is 0 Å². The van der Waals surface area contributed by atoms with Crippen molar-refractivity contribution in [2.24, 2.45) is 0 Å². The first-order valence-electron chi connectivity index (χ1n) is 5.41. The van der Waals surface area contributed by atoms with Gasteiger partial charge in [-0.2, -0.15) is 0 Å². The summed E-state index contributed by atoms with van der Waals surface area (Å²) in [5.74, 6) is 0.566. The molecular formula is C13H13N3. The molecule has 3 heteroatoms. The molecule has 3 rings (SSSR count). The summed E-state index contributed by atoms with van der Waals surface area (Å²) in [5.41, 5.74) is 9.39. The lowest BCUT2D eigenvalue weighted by atomic mass is 10.2. The van der Waals surface area contributed by atoms with E-state index in [0.29, 0.717) is 5.82 Å². The van der Waals surface area contributed by atoms with Crippen molar-refractivity contribution in [3.63, 3.8) is 0 Å². The molecule has 0 amide bonds. The van der Waals surface area contributed by atoms with Gasteiger partial charge in [0.2, 0.25) is 0 Å². The highest BCUT2D eigenvalue weighted by atomic mass is 15.2. The molecule has 80 valence electrons. The molecule has 0 bridgehead atoms. The highest BCUT2D eigenvalue weighted by Gasteiger charge is 2.19. The third kappa shape index (κ3) is 1.41. The third-order valence-corrected chi connectivity index (χ3v) is 2.97. The Morgan fingerprint density at radius 1 is 1.12 bits per heavy atom. The summed E-state index contributed by atoms with van der Waals surface area (Å²) in [6.07, 6.45) is 2.93. The van der Waals surface area contributed by atoms with Gasteiger partial charge in [0.1, 0.15) is 5.82 Å². The van der Waals surface area contributed by atoms with E-state index in [0.717, 1.165) is 18.7 Å². The van der Waals surface area contributed by atoms with E-state index in [2.05, 4.69) is 34.1 Å². The Balaban J connectivity index is 2.01. The average Bonchev–Trinajstić information content (AvgIpc) is 2.74. The van der Waals surface area contributed by atoms with E-state index in [-0.39, 0.29) is 0 Å². The zero-order valence-corrected chi connectivity index (χ0v) is 8.93. The van der Waals surface area contributed by atoms with Crippen molar-refractivity contribution >= 4 is 17.2 Å². The van der Waals surface area contributed by atoms with Crippen molar-refractivity contribution in [1.29, 1.82) is 0 Å². The molecule has 2 heterocycles. The number of nitrogen functional groups attached to an aromatic ring is 1. The van der Waals surface area contributed by atoms with Crippen LogP contribution in [0.5, 0.6) is 0 Å². The Labute approximate surface area is 94.5 Å². The molecule has 0 spiro atoms. The van der Waals surface area contributed by atoms with Crippen LogP contribution in [0.1, 0.15) is 5.56 Å². The first-order valence-corrected chi connectivity index (χ1v) is 5.41. The van der Waals surface area contributed by atoms with Gasteiger partial charge in [0, 0.05) is 12.2 Å². The first-order chi connectivity index (χ1) is 7.84. The molecule has 2 aromatic rings. The lowest BCUT2D eigenvalue weighted by Crippen LogP contribution is -2.13. The molecule has 0 atom stereocenters. The highest BCUT2D eigenvalue weighted by Crippen LogP contribution is 2.33. The first kappa shape index (κ1) is 9.21. The number of para-hydroxylation sites is 1. The fourth-order valence-electron chi connectivity index (χ4n) is 2.16. The molecule has 1 aliphatic rings. The molecule has 0 fully saturated rings. The summed E-state index contributed by atoms with van der Waals surface area (Å²) < 4.78 is 0. The van der Waals surface area contributed by atoms with Crippen LogP contribution < -0.4 is 10.6 Å². The van der Waals surface area contributed by atoms with Crippen LogP contribution in [-0.4, -0.2) is 11.5 Å². The Kier molecular flexibility index (Phi) is 2.03. The number of fused-ring (bicyclic) bond motifs is 1. The summed E-state index contributed by atoms with van der Waals surface area (Å²) in [4.78, 5) is 6.41. The second-order valence-electron chi connectivity index (χ2n) is 3.97. The zero-order valence-electron chi connectivity index (χ0n) is 8.93. The molecule has 0 saturated carbocycles. The van der Waals surface area contributed by atoms with Crippen LogP contribution in [0.2, 0.25) is 0 Å². The van der Waals surface area contributed by atoms with Crippen LogP contribution in [0.4, 0.5) is 17.2 Å². The van der Waals surface area contributed by atoms with Crippen molar-refractivity contribution in [3.8, 4) is 0 Å². The fourth-order valence-corrected chi connectivity index (χ4v) is 2.16. The van der Waals surface area contributed by atoms with Gasteiger partial charge in [-0.25, -0.2) is 4.98 Å². The second kappa shape index (κ2) is 3.52. The summed E-state index contributed by atoms with van der Waals surface area (Å²) in [6.45, 7) is 1.02. The van der Waals surface area contributed by atoms with Gasteiger partial charge in [0.05, 0.1) is 11.9 Å². The standard InChI is InChI=1S/C13H13N3/c14-13-6-5-11(9-15-13)16-8-7-10-3-1-2-4-12(10)16/h1-6,9H,7-8H2,(H2,14,15). The number of hydrogen-bond donors (Lipinski definition) is 1. The Morgan fingerprint density at radius 2 is 2.00 bits per heavy atom. The van der Waals surface area contributed by atoms with Crippen molar-refractivity contribution in [1.82, 2.24) is 4.98 Å². The minimum absolute atomic E-state index is 0.566. The molecule has 16 heavy (non-hydrogen) atoms. The predicted octanol–water partition coefficient (Wildman–Crippen LogP) is 2.36. The van der Waals surface area contributed by atoms with E-state index in [1.165, 1.54) is 11.3 Å². The van der Waals surface area contributed by atoms with Crippen LogP contribution >= 0.6 is 0 Å². The summed E-state index contributed by atoms with van der Waals surface area (Å²) in [6, 6.07) is 12.4. The molecule has 0 aliphatic carbocycles. The molecule has 1 aromatic heterocycles. The largest absolute Gasteiger partial charge is 0.384 e. The second-order valence-corrected chi connectivity index (χ2v) is 3.97. The molecular weight excluding hydrogens is 198 g/mol. The average molecular weight is 211 g/mol. The maximum Gasteiger partial charge on any atom is 0.123 e. The quantitative estimate of drug-likeness (QED) is 0.787. The van der Waals surface area contributed by atoms with E-state index in [1.807, 2.05) is 18.3 Å². The number of pyridine rings is 1.